The summed E-state index contributed by atoms with van der Waals surface area (Å²) in [4.78, 5) is 18.8. The van der Waals surface area contributed by atoms with E-state index in [2.05, 4.69) is 14.9 Å². The zero-order valence-corrected chi connectivity index (χ0v) is 17.2. The highest BCUT2D eigenvalue weighted by Crippen LogP contribution is 2.50. The Bertz CT molecular complexity index is 993. The fraction of sp³-hybridized carbons (Fsp3) is 0.526. The van der Waals surface area contributed by atoms with Gasteiger partial charge in [0.05, 0.1) is 10.3 Å². The highest BCUT2D eigenvalue weighted by atomic mass is 32.2. The molecule has 9 nitrogen and oxygen atoms in total. The smallest absolute Gasteiger partial charge is 0.248 e. The van der Waals surface area contributed by atoms with Crippen LogP contribution in [0.25, 0.3) is 0 Å². The highest BCUT2D eigenvalue weighted by Gasteiger charge is 2.58. The molecule has 1 aromatic carbocycles. The number of amides is 1. The van der Waals surface area contributed by atoms with Crippen molar-refractivity contribution < 1.29 is 22.5 Å². The molecule has 10 heteroatoms. The van der Waals surface area contributed by atoms with Gasteiger partial charge in [-0.3, -0.25) is 4.79 Å². The zero-order chi connectivity index (χ0) is 20.6. The Labute approximate surface area is 169 Å². The second-order valence-corrected chi connectivity index (χ2v) is 9.49. The number of hydrogen-bond donors (Lipinski definition) is 1. The molecular formula is C19H24N4O5S. The van der Waals surface area contributed by atoms with Crippen LogP contribution < -0.4 is 4.72 Å². The molecule has 4 rings (SSSR count). The molecule has 1 aromatic heterocycles. The van der Waals surface area contributed by atoms with E-state index in [0.29, 0.717) is 37.6 Å². The van der Waals surface area contributed by atoms with Crippen LogP contribution in [-0.2, 0) is 25.0 Å². The van der Waals surface area contributed by atoms with Gasteiger partial charge in [-0.1, -0.05) is 23.4 Å². The van der Waals surface area contributed by atoms with Crippen molar-refractivity contribution >= 4 is 15.9 Å². The molecule has 1 unspecified atom stereocenters. The van der Waals surface area contributed by atoms with E-state index < -0.39 is 15.4 Å². The van der Waals surface area contributed by atoms with Crippen molar-refractivity contribution in [1.82, 2.24) is 19.8 Å². The Kier molecular flexibility index (Phi) is 5.18. The summed E-state index contributed by atoms with van der Waals surface area (Å²) in [5.41, 5.74) is -0.561. The van der Waals surface area contributed by atoms with Crippen LogP contribution in [-0.4, -0.2) is 62.2 Å². The zero-order valence-electron chi connectivity index (χ0n) is 16.4. The first-order valence-electron chi connectivity index (χ1n) is 9.49. The summed E-state index contributed by atoms with van der Waals surface area (Å²) in [7, 11) is -2.15. The molecule has 2 aromatic rings. The lowest BCUT2D eigenvalue weighted by Crippen LogP contribution is -2.40. The number of aromatic nitrogens is 2. The molecule has 29 heavy (non-hydrogen) atoms. The molecule has 1 amide bonds. The van der Waals surface area contributed by atoms with Gasteiger partial charge in [-0.05, 0) is 37.8 Å². The fourth-order valence-electron chi connectivity index (χ4n) is 4.58. The van der Waals surface area contributed by atoms with Crippen LogP contribution in [0.1, 0.15) is 24.6 Å². The first kappa shape index (κ1) is 20.0. The summed E-state index contributed by atoms with van der Waals surface area (Å²) in [6.07, 6.45) is 1.08. The number of benzene rings is 1. The van der Waals surface area contributed by atoms with Crippen molar-refractivity contribution in [2.75, 3.05) is 26.8 Å². The van der Waals surface area contributed by atoms with Crippen LogP contribution in [0.4, 0.5) is 0 Å². The molecule has 1 saturated carbocycles. The van der Waals surface area contributed by atoms with E-state index >= 15 is 0 Å². The van der Waals surface area contributed by atoms with Gasteiger partial charge < -0.3 is 14.2 Å². The quantitative estimate of drug-likeness (QED) is 0.737. The molecule has 3 atom stereocenters. The molecule has 2 heterocycles. The number of carbonyl (C=O) groups excluding carboxylic acids is 1. The predicted octanol–water partition coefficient (Wildman–Crippen LogP) is 0.862. The number of rotatable bonds is 6. The van der Waals surface area contributed by atoms with Gasteiger partial charge in [0.15, 0.2) is 5.82 Å². The number of hydrogen-bond acceptors (Lipinski definition) is 7. The standard InChI is InChI=1S/C19H24N4O5S/c1-13-20-18(28-21-13)19-9-15(22-29(25,26)16-6-4-3-5-7-16)8-14(19)10-23(12-19)17(24)11-27-2/h3-7,14-15,22H,8-12H2,1-2H3/t14?,15-,19+/m1/s1. The summed E-state index contributed by atoms with van der Waals surface area (Å²) >= 11 is 0. The van der Waals surface area contributed by atoms with Crippen LogP contribution in [0.3, 0.4) is 0 Å². The van der Waals surface area contributed by atoms with Crippen LogP contribution in [0.2, 0.25) is 0 Å². The monoisotopic (exact) mass is 420 g/mol. The normalized spacial score (nSPS) is 26.6. The highest BCUT2D eigenvalue weighted by molar-refractivity contribution is 7.89. The fourth-order valence-corrected chi connectivity index (χ4v) is 5.85. The Hall–Kier alpha value is -2.30. The molecule has 1 saturated heterocycles. The Morgan fingerprint density at radius 1 is 1.38 bits per heavy atom. The van der Waals surface area contributed by atoms with Gasteiger partial charge in [0, 0.05) is 26.2 Å². The van der Waals surface area contributed by atoms with Crippen LogP contribution in [0.5, 0.6) is 0 Å². The molecule has 156 valence electrons. The Morgan fingerprint density at radius 3 is 2.79 bits per heavy atom. The third kappa shape index (κ3) is 3.67. The molecule has 2 aliphatic rings. The van der Waals surface area contributed by atoms with E-state index in [1.807, 2.05) is 0 Å². The average Bonchev–Trinajstić information content (AvgIpc) is 3.35. The van der Waals surface area contributed by atoms with Gasteiger partial charge in [-0.2, -0.15) is 4.98 Å². The first-order valence-corrected chi connectivity index (χ1v) is 11.0. The van der Waals surface area contributed by atoms with E-state index in [1.54, 1.807) is 42.2 Å². The molecule has 0 radical (unpaired) electrons. The Balaban J connectivity index is 1.58. The van der Waals surface area contributed by atoms with E-state index in [0.717, 1.165) is 0 Å². The number of carbonyl (C=O) groups is 1. The summed E-state index contributed by atoms with van der Waals surface area (Å²) in [6.45, 7) is 2.67. The topological polar surface area (TPSA) is 115 Å². The second-order valence-electron chi connectivity index (χ2n) is 7.78. The van der Waals surface area contributed by atoms with Gasteiger partial charge in [0.1, 0.15) is 6.61 Å². The number of ether oxygens (including phenoxy) is 1. The van der Waals surface area contributed by atoms with Crippen molar-refractivity contribution in [2.24, 2.45) is 5.92 Å². The van der Waals surface area contributed by atoms with Crippen LogP contribution in [0, 0.1) is 12.8 Å². The first-order chi connectivity index (χ1) is 13.8. The van der Waals surface area contributed by atoms with Gasteiger partial charge >= 0.3 is 0 Å². The van der Waals surface area contributed by atoms with Gasteiger partial charge in [-0.15, -0.1) is 0 Å². The number of nitrogens with zero attached hydrogens (tertiary/aromatic N) is 3. The van der Waals surface area contributed by atoms with Crippen LogP contribution in [0.15, 0.2) is 39.8 Å². The molecule has 2 fully saturated rings. The maximum absolute atomic E-state index is 12.8. The lowest BCUT2D eigenvalue weighted by molar-refractivity contribution is -0.134. The van der Waals surface area contributed by atoms with Crippen LogP contribution >= 0.6 is 0 Å². The van der Waals surface area contributed by atoms with Gasteiger partial charge in [0.2, 0.25) is 21.8 Å². The van der Waals surface area contributed by atoms with E-state index in [4.69, 9.17) is 9.26 Å². The average molecular weight is 420 g/mol. The van der Waals surface area contributed by atoms with Gasteiger partial charge in [-0.25, -0.2) is 13.1 Å². The number of fused-ring (bicyclic) bond motifs is 1. The van der Waals surface area contributed by atoms with Gasteiger partial charge in [0.25, 0.3) is 0 Å². The summed E-state index contributed by atoms with van der Waals surface area (Å²) < 4.78 is 38.8. The lowest BCUT2D eigenvalue weighted by atomic mass is 9.80. The minimum Gasteiger partial charge on any atom is -0.375 e. The summed E-state index contributed by atoms with van der Waals surface area (Å²) in [5, 5.41) is 3.92. The van der Waals surface area contributed by atoms with Crippen molar-refractivity contribution in [1.29, 1.82) is 0 Å². The van der Waals surface area contributed by atoms with Crippen molar-refractivity contribution in [3.8, 4) is 0 Å². The molecule has 1 aliphatic carbocycles. The number of nitrogens with one attached hydrogen (secondary N) is 1. The van der Waals surface area contributed by atoms with E-state index in [1.165, 1.54) is 7.11 Å². The predicted molar refractivity (Wildman–Crippen MR) is 102 cm³/mol. The van der Waals surface area contributed by atoms with E-state index in [-0.39, 0.29) is 29.4 Å². The number of aryl methyl sites for hydroxylation is 1. The third-order valence-electron chi connectivity index (χ3n) is 5.82. The van der Waals surface area contributed by atoms with Crippen molar-refractivity contribution in [3.63, 3.8) is 0 Å². The molecule has 1 aliphatic heterocycles. The summed E-state index contributed by atoms with van der Waals surface area (Å²) in [6, 6.07) is 8.02. The minimum atomic E-state index is -3.63. The number of methoxy groups -OCH3 is 1. The van der Waals surface area contributed by atoms with E-state index in [9.17, 15) is 13.2 Å². The summed E-state index contributed by atoms with van der Waals surface area (Å²) in [5.74, 6) is 0.905. The Morgan fingerprint density at radius 2 is 2.14 bits per heavy atom. The largest absolute Gasteiger partial charge is 0.375 e. The minimum absolute atomic E-state index is 0.00965. The molecule has 1 N–H and O–H groups in total. The third-order valence-corrected chi connectivity index (χ3v) is 7.36. The second kappa shape index (κ2) is 7.51. The number of sulfonamides is 1. The molecule has 0 bridgehead atoms. The lowest BCUT2D eigenvalue weighted by Gasteiger charge is -2.25. The van der Waals surface area contributed by atoms with Crippen molar-refractivity contribution in [3.05, 3.63) is 42.0 Å². The molecule has 0 spiro atoms. The number of likely N-dealkylation sites (tertiary alicyclic amines) is 1. The molecular weight excluding hydrogens is 396 g/mol. The SMILES string of the molecule is COCC(=O)N1CC2C[C@@H](NS(=O)(=O)c3ccccc3)C[C@]2(c2nc(C)no2)C1. The maximum Gasteiger partial charge on any atom is 0.248 e. The van der Waals surface area contributed by atoms with Crippen molar-refractivity contribution in [2.45, 2.75) is 36.1 Å². The maximum atomic E-state index is 12.8.